The molecule has 2 unspecified atom stereocenters. The predicted molar refractivity (Wildman–Crippen MR) is 169 cm³/mol. The van der Waals surface area contributed by atoms with Crippen molar-refractivity contribution in [1.29, 1.82) is 0 Å². The minimum absolute atomic E-state index is 0.0289. The van der Waals surface area contributed by atoms with Crippen LogP contribution in [0.15, 0.2) is 12.2 Å². The van der Waals surface area contributed by atoms with Gasteiger partial charge >= 0.3 is 0 Å². The second-order valence-corrected chi connectivity index (χ2v) is 14.6. The lowest BCUT2D eigenvalue weighted by Crippen LogP contribution is -2.94. The van der Waals surface area contributed by atoms with Crippen LogP contribution in [0.2, 0.25) is 0 Å². The molecule has 9 heteroatoms. The number of carbonyl (C=O) groups excluding carboxylic acids is 1. The van der Waals surface area contributed by atoms with Gasteiger partial charge in [0.2, 0.25) is 0 Å². The van der Waals surface area contributed by atoms with E-state index in [4.69, 9.17) is 5.73 Å². The Morgan fingerprint density at radius 1 is 1.05 bits per heavy atom. The first-order valence-corrected chi connectivity index (χ1v) is 17.9. The van der Waals surface area contributed by atoms with Gasteiger partial charge < -0.3 is 40.8 Å². The van der Waals surface area contributed by atoms with Gasteiger partial charge in [-0.05, 0) is 94.3 Å². The summed E-state index contributed by atoms with van der Waals surface area (Å²) < 4.78 is 0. The quantitative estimate of drug-likeness (QED) is 0.0789. The number of piperidine rings is 1. The summed E-state index contributed by atoms with van der Waals surface area (Å²) in [4.78, 5) is 12.0. The fraction of sp³-hybridized carbons (Fsp3) is 0.914. The molecule has 44 heavy (non-hydrogen) atoms. The number of allylic oxidation sites excluding steroid dienone is 1. The molecule has 0 bridgehead atoms. The summed E-state index contributed by atoms with van der Waals surface area (Å²) in [6.07, 6.45) is 15.8. The van der Waals surface area contributed by atoms with Crippen LogP contribution in [0.1, 0.15) is 122 Å². The van der Waals surface area contributed by atoms with Crippen molar-refractivity contribution in [2.75, 3.05) is 13.2 Å². The molecular weight excluding hydrogens is 560 g/mol. The third-order valence-corrected chi connectivity index (χ3v) is 11.2. The Morgan fingerprint density at radius 2 is 1.82 bits per heavy atom. The first-order valence-electron chi connectivity index (χ1n) is 17.9. The van der Waals surface area contributed by atoms with E-state index < -0.39 is 29.7 Å². The Balaban J connectivity index is 1.44. The maximum Gasteiger partial charge on any atom is 0.137 e. The number of carbonyl (C=O) groups is 1. The van der Waals surface area contributed by atoms with Crippen LogP contribution in [0.5, 0.6) is 0 Å². The Kier molecular flexibility index (Phi) is 16.1. The van der Waals surface area contributed by atoms with Gasteiger partial charge in [0.15, 0.2) is 0 Å². The summed E-state index contributed by atoms with van der Waals surface area (Å²) in [5.74, 6) is -1.31. The molecule has 0 spiro atoms. The van der Waals surface area contributed by atoms with Crippen molar-refractivity contribution in [3.05, 3.63) is 12.2 Å². The number of rotatable bonds is 20. The summed E-state index contributed by atoms with van der Waals surface area (Å²) in [6.45, 7) is 3.20. The Morgan fingerprint density at radius 3 is 2.50 bits per heavy atom. The van der Waals surface area contributed by atoms with Gasteiger partial charge in [0, 0.05) is 30.8 Å². The molecule has 3 rings (SSSR count). The zero-order valence-electron chi connectivity index (χ0n) is 27.3. The van der Waals surface area contributed by atoms with Crippen molar-refractivity contribution in [2.45, 2.75) is 153 Å². The Bertz CT molecular complexity index is 859. The summed E-state index contributed by atoms with van der Waals surface area (Å²) >= 11 is 0. The predicted octanol–water partition coefficient (Wildman–Crippen LogP) is 1.73. The molecule has 1 saturated carbocycles. The van der Waals surface area contributed by atoms with Crippen LogP contribution in [0.3, 0.4) is 0 Å². The summed E-state index contributed by atoms with van der Waals surface area (Å²) in [5, 5.41) is 67.9. The molecule has 2 aliphatic carbocycles. The van der Waals surface area contributed by atoms with Crippen LogP contribution in [0.25, 0.3) is 0 Å². The van der Waals surface area contributed by atoms with Gasteiger partial charge in [0.1, 0.15) is 6.17 Å². The number of carboxylic acids is 1. The van der Waals surface area contributed by atoms with Crippen molar-refractivity contribution in [3.8, 4) is 0 Å². The molecule has 9 N–H and O–H groups in total. The van der Waals surface area contributed by atoms with Crippen molar-refractivity contribution in [3.63, 3.8) is 0 Å². The second kappa shape index (κ2) is 18.9. The number of hydrogen-bond acceptors (Lipinski definition) is 8. The van der Waals surface area contributed by atoms with Crippen LogP contribution in [0, 0.1) is 35.5 Å². The molecule has 0 amide bonds. The molecule has 1 saturated heterocycles. The lowest BCUT2D eigenvalue weighted by molar-refractivity contribution is -0.699. The molecule has 11 atom stereocenters. The van der Waals surface area contributed by atoms with E-state index in [2.05, 4.69) is 24.4 Å². The lowest BCUT2D eigenvalue weighted by Gasteiger charge is -2.31. The molecule has 256 valence electrons. The van der Waals surface area contributed by atoms with Crippen molar-refractivity contribution in [2.24, 2.45) is 41.2 Å². The number of nitrogens with two attached hydrogens (primary N) is 2. The van der Waals surface area contributed by atoms with E-state index in [1.165, 1.54) is 19.3 Å². The van der Waals surface area contributed by atoms with Crippen molar-refractivity contribution < 1.29 is 40.8 Å². The standard InChI is InChI=1S/C35H64N2O7/c1-2-3-5-9-24-13-14-26(31(40)21-24)10-6-4-7-11-29(34(42)43)30(39)15-17-35(44)23-27(28(33(35)41)12-8-19-38)20-25-16-18-37-32(36)22-25/h13-14,24-33,37-41,44H,2-12,15-23,36H2,1H3,(H,42,43)/t24-,25?,26+,27+,28-,29-,30+,31+,32?,33+,35+/m0/s1. The zero-order chi connectivity index (χ0) is 32.1. The highest BCUT2D eigenvalue weighted by Gasteiger charge is 2.52. The molecular formula is C35H64N2O7. The number of quaternary nitrogens is 1. The fourth-order valence-electron chi connectivity index (χ4n) is 8.54. The van der Waals surface area contributed by atoms with Crippen molar-refractivity contribution in [1.82, 2.24) is 0 Å². The van der Waals surface area contributed by atoms with Gasteiger partial charge in [-0.3, -0.25) is 5.73 Å². The first-order chi connectivity index (χ1) is 21.1. The number of carboxylic acid groups (broad SMARTS) is 1. The molecule has 1 heterocycles. The highest BCUT2D eigenvalue weighted by Crippen LogP contribution is 2.48. The molecule has 0 radical (unpaired) electrons. The molecule has 0 aromatic rings. The summed E-state index contributed by atoms with van der Waals surface area (Å²) in [7, 11) is 0. The van der Waals surface area contributed by atoms with E-state index in [1.54, 1.807) is 0 Å². The molecule has 1 aliphatic heterocycles. The highest BCUT2D eigenvalue weighted by atomic mass is 16.4. The van der Waals surface area contributed by atoms with E-state index in [0.29, 0.717) is 43.9 Å². The van der Waals surface area contributed by atoms with E-state index in [1.807, 2.05) is 0 Å². The molecule has 0 aromatic carbocycles. The third kappa shape index (κ3) is 11.3. The monoisotopic (exact) mass is 624 g/mol. The summed E-state index contributed by atoms with van der Waals surface area (Å²) in [5.41, 5.74) is 4.77. The van der Waals surface area contributed by atoms with Gasteiger partial charge in [0.05, 0.1) is 30.5 Å². The number of aliphatic carboxylic acids is 1. The number of hydrogen-bond donors (Lipinski definition) is 7. The maximum atomic E-state index is 12.0. The normalized spacial score (nSPS) is 35.5. The minimum atomic E-state index is -1.39. The second-order valence-electron chi connectivity index (χ2n) is 14.6. The molecule has 3 aliphatic rings. The van der Waals surface area contributed by atoms with E-state index in [0.717, 1.165) is 57.9 Å². The van der Waals surface area contributed by atoms with Crippen LogP contribution in [-0.2, 0) is 4.79 Å². The zero-order valence-corrected chi connectivity index (χ0v) is 27.3. The van der Waals surface area contributed by atoms with Gasteiger partial charge in [0.25, 0.3) is 0 Å². The molecule has 0 aromatic heterocycles. The van der Waals surface area contributed by atoms with E-state index in [-0.39, 0.29) is 49.5 Å². The van der Waals surface area contributed by atoms with Gasteiger partial charge in [-0.2, -0.15) is 0 Å². The van der Waals surface area contributed by atoms with Crippen molar-refractivity contribution >= 4 is 5.97 Å². The largest absolute Gasteiger partial charge is 0.550 e. The van der Waals surface area contributed by atoms with Gasteiger partial charge in [-0.25, -0.2) is 0 Å². The Labute approximate surface area is 265 Å². The number of unbranched alkanes of at least 4 members (excludes halogenated alkanes) is 4. The molecule has 9 nitrogen and oxygen atoms in total. The van der Waals surface area contributed by atoms with E-state index >= 15 is 0 Å². The fourth-order valence-corrected chi connectivity index (χ4v) is 8.54. The van der Waals surface area contributed by atoms with Gasteiger partial charge in [-0.15, -0.1) is 0 Å². The third-order valence-electron chi connectivity index (χ3n) is 11.2. The number of aliphatic hydroxyl groups excluding tert-OH is 4. The average molecular weight is 625 g/mol. The van der Waals surface area contributed by atoms with Crippen LogP contribution >= 0.6 is 0 Å². The smallest absolute Gasteiger partial charge is 0.137 e. The first kappa shape index (κ1) is 37.4. The highest BCUT2D eigenvalue weighted by molar-refractivity contribution is 5.68. The van der Waals surface area contributed by atoms with Crippen LogP contribution < -0.4 is 16.2 Å². The summed E-state index contributed by atoms with van der Waals surface area (Å²) in [6, 6.07) is 0. The number of aliphatic hydroxyl groups is 5. The van der Waals surface area contributed by atoms with Gasteiger partial charge in [-0.1, -0.05) is 57.6 Å². The Hall–Kier alpha value is -1.07. The van der Waals surface area contributed by atoms with Crippen LogP contribution in [0.4, 0.5) is 0 Å². The van der Waals surface area contributed by atoms with Crippen LogP contribution in [-0.4, -0.2) is 74.7 Å². The SMILES string of the molecule is CCCCC[C@H]1C=C[C@@H](CCCCC[C@H](C(=O)[O-])[C@H](O)CC[C@@]2(O)C[C@@H](CC3CC[NH2+]C(N)C3)[C@H](CCCO)[C@H]2O)[C@H](O)C1. The minimum Gasteiger partial charge on any atom is -0.550 e. The molecule has 2 fully saturated rings. The maximum absolute atomic E-state index is 12.0. The lowest BCUT2D eigenvalue weighted by atomic mass is 9.80. The van der Waals surface area contributed by atoms with E-state index in [9.17, 15) is 35.4 Å². The average Bonchev–Trinajstić information content (AvgIpc) is 3.21. The topological polar surface area (TPSA) is 184 Å².